The van der Waals surface area contributed by atoms with Gasteiger partial charge in [-0.3, -0.25) is 14.8 Å². The van der Waals surface area contributed by atoms with Crippen molar-refractivity contribution in [2.45, 2.75) is 46.1 Å². The molecular weight excluding hydrogens is 304 g/mol. The summed E-state index contributed by atoms with van der Waals surface area (Å²) in [6, 6.07) is 5.87. The second-order valence-corrected chi connectivity index (χ2v) is 6.56. The van der Waals surface area contributed by atoms with E-state index in [1.807, 2.05) is 26.0 Å². The Morgan fingerprint density at radius 3 is 2.62 bits per heavy atom. The van der Waals surface area contributed by atoms with Crippen LogP contribution in [0.25, 0.3) is 0 Å². The Labute approximate surface area is 141 Å². The van der Waals surface area contributed by atoms with Gasteiger partial charge in [0.1, 0.15) is 0 Å². The lowest BCUT2D eigenvalue weighted by atomic mass is 9.87. The quantitative estimate of drug-likeness (QED) is 0.517. The van der Waals surface area contributed by atoms with Crippen molar-refractivity contribution in [3.63, 3.8) is 0 Å². The number of aromatic nitrogens is 1. The van der Waals surface area contributed by atoms with E-state index < -0.39 is 5.91 Å². The maximum Gasteiger partial charge on any atom is 0.274 e. The molecule has 1 unspecified atom stereocenters. The molecule has 0 bridgehead atoms. The molecule has 2 aromatic rings. The van der Waals surface area contributed by atoms with Gasteiger partial charge in [0.2, 0.25) is 0 Å². The fourth-order valence-corrected chi connectivity index (χ4v) is 3.88. The number of aryl methyl sites for hydroxylation is 2. The molecule has 1 amide bonds. The monoisotopic (exact) mass is 326 g/mol. The van der Waals surface area contributed by atoms with Crippen LogP contribution >= 0.6 is 0 Å². The van der Waals surface area contributed by atoms with Crippen LogP contribution in [0.3, 0.4) is 0 Å². The van der Waals surface area contributed by atoms with Crippen molar-refractivity contribution in [2.24, 2.45) is 0 Å². The minimum Gasteiger partial charge on any atom is -0.347 e. The normalized spacial score (nSPS) is 16.6. The molecule has 0 aliphatic heterocycles. The highest BCUT2D eigenvalue weighted by Crippen LogP contribution is 2.32. The van der Waals surface area contributed by atoms with Crippen LogP contribution in [0.1, 0.15) is 62.5 Å². The molecule has 2 N–H and O–H groups in total. The molecule has 5 nitrogen and oxygen atoms in total. The van der Waals surface area contributed by atoms with Crippen LogP contribution in [-0.2, 0) is 12.8 Å². The van der Waals surface area contributed by atoms with Crippen LogP contribution < -0.4 is 5.48 Å². The SMILES string of the molecule is CC(=O)c1c(C)cn(C2CCc3cc(C(=O)NO)ccc3C2)c1C. The zero-order chi connectivity index (χ0) is 17.4. The highest BCUT2D eigenvalue weighted by molar-refractivity contribution is 5.96. The molecule has 0 radical (unpaired) electrons. The molecule has 0 spiro atoms. The maximum atomic E-state index is 11.8. The molecule has 1 aromatic carbocycles. The fourth-order valence-electron chi connectivity index (χ4n) is 3.88. The van der Waals surface area contributed by atoms with Crippen LogP contribution in [0, 0.1) is 13.8 Å². The van der Waals surface area contributed by atoms with Gasteiger partial charge in [-0.05, 0) is 68.9 Å². The number of rotatable bonds is 3. The summed E-state index contributed by atoms with van der Waals surface area (Å²) < 4.78 is 2.23. The van der Waals surface area contributed by atoms with Gasteiger partial charge >= 0.3 is 0 Å². The molecule has 5 heteroatoms. The number of carbonyl (C=O) groups is 2. The van der Waals surface area contributed by atoms with Gasteiger partial charge in [0.25, 0.3) is 5.91 Å². The van der Waals surface area contributed by atoms with Crippen LogP contribution in [0.2, 0.25) is 0 Å². The maximum absolute atomic E-state index is 11.8. The van der Waals surface area contributed by atoms with Crippen LogP contribution in [0.5, 0.6) is 0 Å². The van der Waals surface area contributed by atoms with Gasteiger partial charge in [0.05, 0.1) is 0 Å². The number of nitrogens with one attached hydrogen (secondary N) is 1. The van der Waals surface area contributed by atoms with Gasteiger partial charge in [0.15, 0.2) is 5.78 Å². The van der Waals surface area contributed by atoms with Gasteiger partial charge in [-0.15, -0.1) is 0 Å². The third kappa shape index (κ3) is 2.76. The highest BCUT2D eigenvalue weighted by Gasteiger charge is 2.24. The van der Waals surface area contributed by atoms with E-state index in [-0.39, 0.29) is 5.78 Å². The molecule has 24 heavy (non-hydrogen) atoms. The predicted octanol–water partition coefficient (Wildman–Crippen LogP) is 3.16. The van der Waals surface area contributed by atoms with E-state index in [1.165, 1.54) is 5.56 Å². The van der Waals surface area contributed by atoms with Gasteiger partial charge in [-0.1, -0.05) is 6.07 Å². The lowest BCUT2D eigenvalue weighted by molar-refractivity contribution is 0.0706. The molecule has 0 saturated heterocycles. The van der Waals surface area contributed by atoms with E-state index in [9.17, 15) is 9.59 Å². The molecular formula is C19H22N2O3. The summed E-state index contributed by atoms with van der Waals surface area (Å²) in [6.07, 6.45) is 4.79. The van der Waals surface area contributed by atoms with Crippen molar-refractivity contribution in [2.75, 3.05) is 0 Å². The molecule has 0 fully saturated rings. The smallest absolute Gasteiger partial charge is 0.274 e. The molecule has 1 aliphatic rings. The van der Waals surface area contributed by atoms with Gasteiger partial charge in [0, 0.05) is 29.1 Å². The van der Waals surface area contributed by atoms with Crippen LogP contribution in [0.4, 0.5) is 0 Å². The van der Waals surface area contributed by atoms with Crippen LogP contribution in [-0.4, -0.2) is 21.5 Å². The van der Waals surface area contributed by atoms with Gasteiger partial charge in [-0.25, -0.2) is 5.48 Å². The second kappa shape index (κ2) is 6.24. The zero-order valence-corrected chi connectivity index (χ0v) is 14.2. The number of nitrogens with zero attached hydrogens (tertiary/aromatic N) is 1. The molecule has 1 atom stereocenters. The summed E-state index contributed by atoms with van der Waals surface area (Å²) >= 11 is 0. The van der Waals surface area contributed by atoms with Crippen molar-refractivity contribution < 1.29 is 14.8 Å². The Bertz CT molecular complexity index is 820. The largest absolute Gasteiger partial charge is 0.347 e. The molecule has 0 saturated carbocycles. The number of fused-ring (bicyclic) bond motifs is 1. The molecule has 1 aliphatic carbocycles. The minimum atomic E-state index is -0.483. The summed E-state index contributed by atoms with van der Waals surface area (Å²) in [5.74, 6) is -0.373. The Hall–Kier alpha value is -2.40. The fraction of sp³-hybridized carbons (Fsp3) is 0.368. The molecule has 126 valence electrons. The van der Waals surface area contributed by atoms with Gasteiger partial charge in [-0.2, -0.15) is 0 Å². The van der Waals surface area contributed by atoms with Crippen molar-refractivity contribution >= 4 is 11.7 Å². The van der Waals surface area contributed by atoms with Crippen molar-refractivity contribution in [1.82, 2.24) is 10.0 Å². The van der Waals surface area contributed by atoms with E-state index in [4.69, 9.17) is 5.21 Å². The first kappa shape index (κ1) is 16.5. The van der Waals surface area contributed by atoms with Crippen molar-refractivity contribution in [3.8, 4) is 0 Å². The Kier molecular flexibility index (Phi) is 4.28. The summed E-state index contributed by atoms with van der Waals surface area (Å²) in [6.45, 7) is 5.61. The Morgan fingerprint density at radius 2 is 2.00 bits per heavy atom. The third-order valence-corrected chi connectivity index (χ3v) is 4.99. The van der Waals surface area contributed by atoms with Crippen LogP contribution in [0.15, 0.2) is 24.4 Å². The van der Waals surface area contributed by atoms with E-state index in [2.05, 4.69) is 10.8 Å². The average molecular weight is 326 g/mol. The lowest BCUT2D eigenvalue weighted by Crippen LogP contribution is -2.22. The number of Topliss-reactive ketones (excluding diaryl/α,β-unsaturated/α-hetero) is 1. The average Bonchev–Trinajstić information content (AvgIpc) is 2.87. The number of hydroxylamine groups is 1. The summed E-state index contributed by atoms with van der Waals surface area (Å²) in [5, 5.41) is 8.76. The standard InChI is InChI=1S/C19H22N2O3/c1-11-10-21(12(2)18(11)13(3)22)17-7-6-14-8-16(19(23)20-24)5-4-15(14)9-17/h4-5,8,10,17,24H,6-7,9H2,1-3H3,(H,20,23). The number of hydrogen-bond acceptors (Lipinski definition) is 3. The predicted molar refractivity (Wildman–Crippen MR) is 90.7 cm³/mol. The first-order valence-corrected chi connectivity index (χ1v) is 8.17. The van der Waals surface area contributed by atoms with E-state index >= 15 is 0 Å². The summed E-state index contributed by atoms with van der Waals surface area (Å²) in [4.78, 5) is 23.4. The van der Waals surface area contributed by atoms with Gasteiger partial charge < -0.3 is 4.57 Å². The highest BCUT2D eigenvalue weighted by atomic mass is 16.5. The Morgan fingerprint density at radius 1 is 1.25 bits per heavy atom. The lowest BCUT2D eigenvalue weighted by Gasteiger charge is -2.27. The summed E-state index contributed by atoms with van der Waals surface area (Å²) in [7, 11) is 0. The number of carbonyl (C=O) groups excluding carboxylic acids is 2. The summed E-state index contributed by atoms with van der Waals surface area (Å²) in [5.41, 5.74) is 7.41. The minimum absolute atomic E-state index is 0.111. The molecule has 3 rings (SSSR count). The number of amides is 1. The van der Waals surface area contributed by atoms with E-state index in [1.54, 1.807) is 18.5 Å². The topological polar surface area (TPSA) is 71.3 Å². The number of hydrogen-bond donors (Lipinski definition) is 2. The number of benzene rings is 1. The van der Waals surface area contributed by atoms with Crippen molar-refractivity contribution in [1.29, 1.82) is 0 Å². The second-order valence-electron chi connectivity index (χ2n) is 6.56. The van der Waals surface area contributed by atoms with E-state index in [0.29, 0.717) is 11.6 Å². The first-order chi connectivity index (χ1) is 11.4. The Balaban J connectivity index is 1.90. The van der Waals surface area contributed by atoms with Crippen molar-refractivity contribution in [3.05, 3.63) is 57.9 Å². The third-order valence-electron chi connectivity index (χ3n) is 4.99. The molecule has 1 aromatic heterocycles. The molecule has 1 heterocycles. The zero-order valence-electron chi connectivity index (χ0n) is 14.2. The first-order valence-electron chi connectivity index (χ1n) is 8.17. The van der Waals surface area contributed by atoms with E-state index in [0.717, 1.165) is 41.6 Å². The number of ketones is 1.